The molecule has 2 unspecified atom stereocenters. The number of hydrogen-bond acceptors (Lipinski definition) is 3. The van der Waals surface area contributed by atoms with Crippen LogP contribution in [0.25, 0.3) is 0 Å². The van der Waals surface area contributed by atoms with Crippen LogP contribution in [0.4, 0.5) is 0 Å². The zero-order valence-corrected chi connectivity index (χ0v) is 32.8. The van der Waals surface area contributed by atoms with Crippen LogP contribution in [0, 0.1) is 0 Å². The van der Waals surface area contributed by atoms with Gasteiger partial charge in [0.25, 0.3) is 0 Å². The first kappa shape index (κ1) is 47.1. The molecule has 4 nitrogen and oxygen atoms in total. The summed E-state index contributed by atoms with van der Waals surface area (Å²) in [6, 6.07) is -0.536. The highest BCUT2D eigenvalue weighted by atomic mass is 16.3. The predicted molar refractivity (Wildman–Crippen MR) is 212 cm³/mol. The van der Waals surface area contributed by atoms with Gasteiger partial charge in [0.05, 0.1) is 18.8 Å². The molecular formula is C44H87NO3. The lowest BCUT2D eigenvalue weighted by atomic mass is 10.0. The summed E-state index contributed by atoms with van der Waals surface area (Å²) in [4.78, 5) is 12.4. The second-order valence-corrected chi connectivity index (χ2v) is 15.1. The highest BCUT2D eigenvalue weighted by molar-refractivity contribution is 5.76. The molecule has 48 heavy (non-hydrogen) atoms. The van der Waals surface area contributed by atoms with Crippen molar-refractivity contribution in [2.75, 3.05) is 6.61 Å². The summed E-state index contributed by atoms with van der Waals surface area (Å²) >= 11 is 0. The van der Waals surface area contributed by atoms with Gasteiger partial charge in [-0.05, 0) is 38.5 Å². The van der Waals surface area contributed by atoms with Gasteiger partial charge in [-0.15, -0.1) is 0 Å². The zero-order chi connectivity index (χ0) is 35.0. The first-order chi connectivity index (χ1) is 23.7. The molecule has 0 heterocycles. The molecule has 1 amide bonds. The van der Waals surface area contributed by atoms with Gasteiger partial charge in [0.2, 0.25) is 5.91 Å². The molecule has 2 atom stereocenters. The Bertz CT molecular complexity index is 651. The van der Waals surface area contributed by atoms with Crippen molar-refractivity contribution in [3.05, 3.63) is 12.2 Å². The van der Waals surface area contributed by atoms with Gasteiger partial charge in [-0.3, -0.25) is 4.79 Å². The van der Waals surface area contributed by atoms with Crippen molar-refractivity contribution in [3.63, 3.8) is 0 Å². The van der Waals surface area contributed by atoms with Crippen molar-refractivity contribution in [1.82, 2.24) is 5.32 Å². The number of carbonyl (C=O) groups is 1. The molecule has 0 spiro atoms. The lowest BCUT2D eigenvalue weighted by molar-refractivity contribution is -0.123. The average molecular weight is 678 g/mol. The van der Waals surface area contributed by atoms with Crippen molar-refractivity contribution in [3.8, 4) is 0 Å². The number of hydrogen-bond donors (Lipinski definition) is 3. The topological polar surface area (TPSA) is 69.6 Å². The molecule has 0 aliphatic heterocycles. The fraction of sp³-hybridized carbons (Fsp3) is 0.932. The molecular weight excluding hydrogens is 590 g/mol. The monoisotopic (exact) mass is 678 g/mol. The summed E-state index contributed by atoms with van der Waals surface area (Å²) in [5.74, 6) is -0.0375. The van der Waals surface area contributed by atoms with Gasteiger partial charge < -0.3 is 15.5 Å². The van der Waals surface area contributed by atoms with Gasteiger partial charge in [-0.2, -0.15) is 0 Å². The minimum Gasteiger partial charge on any atom is -0.394 e. The minimum absolute atomic E-state index is 0.0375. The number of nitrogens with one attached hydrogen (secondary N) is 1. The van der Waals surface area contributed by atoms with E-state index in [1.54, 1.807) is 0 Å². The van der Waals surface area contributed by atoms with E-state index in [1.165, 1.54) is 193 Å². The van der Waals surface area contributed by atoms with E-state index in [0.717, 1.165) is 25.7 Å². The maximum atomic E-state index is 12.4. The summed E-state index contributed by atoms with van der Waals surface area (Å²) < 4.78 is 0. The molecule has 0 saturated heterocycles. The van der Waals surface area contributed by atoms with Gasteiger partial charge >= 0.3 is 0 Å². The first-order valence-corrected chi connectivity index (χ1v) is 21.9. The molecule has 3 N–H and O–H groups in total. The van der Waals surface area contributed by atoms with Crippen LogP contribution in [0.1, 0.15) is 245 Å². The van der Waals surface area contributed by atoms with Crippen LogP contribution in [0.5, 0.6) is 0 Å². The number of aliphatic hydroxyl groups is 2. The average Bonchev–Trinajstić information content (AvgIpc) is 3.09. The van der Waals surface area contributed by atoms with Crippen LogP contribution in [-0.2, 0) is 4.79 Å². The Hall–Kier alpha value is -0.870. The van der Waals surface area contributed by atoms with Crippen LogP contribution in [0.2, 0.25) is 0 Å². The lowest BCUT2D eigenvalue weighted by Gasteiger charge is -2.22. The maximum Gasteiger partial charge on any atom is 0.220 e. The smallest absolute Gasteiger partial charge is 0.220 e. The van der Waals surface area contributed by atoms with Crippen LogP contribution in [0.15, 0.2) is 12.2 Å². The molecule has 0 aromatic rings. The fourth-order valence-electron chi connectivity index (χ4n) is 6.89. The highest BCUT2D eigenvalue weighted by Gasteiger charge is 2.20. The molecule has 0 bridgehead atoms. The lowest BCUT2D eigenvalue weighted by Crippen LogP contribution is -2.45. The predicted octanol–water partition coefficient (Wildman–Crippen LogP) is 13.5. The molecule has 0 aliphatic carbocycles. The first-order valence-electron chi connectivity index (χ1n) is 21.9. The summed E-state index contributed by atoms with van der Waals surface area (Å²) in [6.07, 6.45) is 50.0. The number of allylic oxidation sites excluding steroid dienone is 2. The van der Waals surface area contributed by atoms with Crippen LogP contribution in [0.3, 0.4) is 0 Å². The molecule has 0 aromatic carbocycles. The van der Waals surface area contributed by atoms with Crippen molar-refractivity contribution < 1.29 is 15.0 Å². The van der Waals surface area contributed by atoms with E-state index in [2.05, 4.69) is 31.3 Å². The number of amides is 1. The molecule has 0 rings (SSSR count). The second kappa shape index (κ2) is 40.6. The normalized spacial score (nSPS) is 13.0. The molecule has 0 radical (unpaired) electrons. The number of unbranched alkanes of at least 4 members (excludes halogenated alkanes) is 31. The van der Waals surface area contributed by atoms with E-state index in [-0.39, 0.29) is 12.5 Å². The third-order valence-corrected chi connectivity index (χ3v) is 10.3. The van der Waals surface area contributed by atoms with Gasteiger partial charge in [-0.25, -0.2) is 0 Å². The summed E-state index contributed by atoms with van der Waals surface area (Å²) in [5.41, 5.74) is 0. The molecule has 0 aromatic heterocycles. The van der Waals surface area contributed by atoms with E-state index < -0.39 is 12.1 Å². The van der Waals surface area contributed by atoms with E-state index in [9.17, 15) is 15.0 Å². The van der Waals surface area contributed by atoms with Crippen LogP contribution >= 0.6 is 0 Å². The summed E-state index contributed by atoms with van der Waals surface area (Å²) in [6.45, 7) is 4.36. The summed E-state index contributed by atoms with van der Waals surface area (Å²) in [7, 11) is 0. The standard InChI is InChI=1S/C44H87NO3/c1-3-5-7-9-11-13-15-17-19-20-21-22-23-24-26-27-29-31-33-35-37-39-43(47)42(41-46)45-44(48)40-38-36-34-32-30-28-25-18-16-14-12-10-8-6-4-2/h18,25,42-43,46-47H,3-17,19-24,26-41H2,1-2H3,(H,45,48)/b25-18-. The SMILES string of the molecule is CCCCCCCC/C=C\CCCCCCCC(=O)NC(CO)C(O)CCCCCCCCCCCCCCCCCCCCCCC. The maximum absolute atomic E-state index is 12.4. The van der Waals surface area contributed by atoms with Crippen molar-refractivity contribution in [1.29, 1.82) is 0 Å². The van der Waals surface area contributed by atoms with E-state index >= 15 is 0 Å². The Kier molecular flexibility index (Phi) is 39.8. The number of rotatable bonds is 40. The molecule has 0 fully saturated rings. The van der Waals surface area contributed by atoms with E-state index in [0.29, 0.717) is 12.8 Å². The quantitative estimate of drug-likeness (QED) is 0.0446. The Morgan fingerprint density at radius 2 is 0.792 bits per heavy atom. The Labute approximate surface area is 301 Å². The largest absolute Gasteiger partial charge is 0.394 e. The Morgan fingerprint density at radius 1 is 0.479 bits per heavy atom. The molecule has 4 heteroatoms. The van der Waals surface area contributed by atoms with Gasteiger partial charge in [-0.1, -0.05) is 212 Å². The van der Waals surface area contributed by atoms with Crippen LogP contribution < -0.4 is 5.32 Å². The molecule has 0 saturated carbocycles. The van der Waals surface area contributed by atoms with Crippen molar-refractivity contribution in [2.24, 2.45) is 0 Å². The highest BCUT2D eigenvalue weighted by Crippen LogP contribution is 2.16. The fourth-order valence-corrected chi connectivity index (χ4v) is 6.89. The van der Waals surface area contributed by atoms with Crippen molar-refractivity contribution in [2.45, 2.75) is 257 Å². The third kappa shape index (κ3) is 36.4. The summed E-state index contributed by atoms with van der Waals surface area (Å²) in [5, 5.41) is 23.2. The number of aliphatic hydroxyl groups excluding tert-OH is 2. The van der Waals surface area contributed by atoms with Crippen molar-refractivity contribution >= 4 is 5.91 Å². The van der Waals surface area contributed by atoms with E-state index in [4.69, 9.17) is 0 Å². The molecule has 286 valence electrons. The van der Waals surface area contributed by atoms with E-state index in [1.807, 2.05) is 0 Å². The van der Waals surface area contributed by atoms with Gasteiger partial charge in [0.15, 0.2) is 0 Å². The Morgan fingerprint density at radius 3 is 1.15 bits per heavy atom. The van der Waals surface area contributed by atoms with Gasteiger partial charge in [0.1, 0.15) is 0 Å². The zero-order valence-electron chi connectivity index (χ0n) is 32.8. The molecule has 0 aliphatic rings. The third-order valence-electron chi connectivity index (χ3n) is 10.3. The Balaban J connectivity index is 3.49. The van der Waals surface area contributed by atoms with Crippen LogP contribution in [-0.4, -0.2) is 34.9 Å². The minimum atomic E-state index is -0.659. The second-order valence-electron chi connectivity index (χ2n) is 15.1. The number of carbonyl (C=O) groups excluding carboxylic acids is 1. The van der Waals surface area contributed by atoms with Gasteiger partial charge in [0, 0.05) is 6.42 Å².